The standard InChI is InChI=1S/C14H19N3O3/c1-10-3-2-4-11(16-10)9-15-14(20)17(12-5-6-12)8-7-13(18)19/h2-4,12H,5-9H2,1H3,(H,15,20)(H,18,19). The Balaban J connectivity index is 1.86. The van der Waals surface area contributed by atoms with Crippen LogP contribution in [0.3, 0.4) is 0 Å². The van der Waals surface area contributed by atoms with Gasteiger partial charge in [0.15, 0.2) is 0 Å². The first-order valence-electron chi connectivity index (χ1n) is 6.75. The molecule has 20 heavy (non-hydrogen) atoms. The summed E-state index contributed by atoms with van der Waals surface area (Å²) in [5.41, 5.74) is 1.70. The van der Waals surface area contributed by atoms with Gasteiger partial charge in [-0.25, -0.2) is 4.79 Å². The number of rotatable bonds is 6. The van der Waals surface area contributed by atoms with Crippen LogP contribution in [0.1, 0.15) is 30.7 Å². The van der Waals surface area contributed by atoms with Crippen LogP contribution in [-0.4, -0.2) is 39.6 Å². The van der Waals surface area contributed by atoms with Crippen molar-refractivity contribution in [1.82, 2.24) is 15.2 Å². The fourth-order valence-electron chi connectivity index (χ4n) is 2.02. The molecule has 1 fully saturated rings. The van der Waals surface area contributed by atoms with Gasteiger partial charge in [0.1, 0.15) is 0 Å². The number of carbonyl (C=O) groups is 2. The molecule has 1 aromatic heterocycles. The number of amides is 2. The third kappa shape index (κ3) is 4.22. The van der Waals surface area contributed by atoms with E-state index in [1.165, 1.54) is 0 Å². The van der Waals surface area contributed by atoms with Gasteiger partial charge in [-0.15, -0.1) is 0 Å². The lowest BCUT2D eigenvalue weighted by Gasteiger charge is -2.22. The summed E-state index contributed by atoms with van der Waals surface area (Å²) in [6.45, 7) is 2.51. The smallest absolute Gasteiger partial charge is 0.317 e. The van der Waals surface area contributed by atoms with Gasteiger partial charge in [0.2, 0.25) is 0 Å². The van der Waals surface area contributed by atoms with Gasteiger partial charge in [0.25, 0.3) is 0 Å². The highest BCUT2D eigenvalue weighted by Gasteiger charge is 2.32. The molecule has 6 heteroatoms. The molecular weight excluding hydrogens is 258 g/mol. The number of aryl methyl sites for hydroxylation is 1. The zero-order chi connectivity index (χ0) is 14.5. The predicted octanol–water partition coefficient (Wildman–Crippen LogP) is 1.54. The van der Waals surface area contributed by atoms with Crippen LogP contribution in [-0.2, 0) is 11.3 Å². The molecule has 1 aromatic rings. The summed E-state index contributed by atoms with van der Waals surface area (Å²) in [6.07, 6.45) is 1.89. The number of hydrogen-bond donors (Lipinski definition) is 2. The lowest BCUT2D eigenvalue weighted by atomic mass is 10.3. The van der Waals surface area contributed by atoms with E-state index in [4.69, 9.17) is 5.11 Å². The number of carboxylic acids is 1. The average Bonchev–Trinajstić information content (AvgIpc) is 3.21. The Kier molecular flexibility index (Phi) is 4.55. The molecular formula is C14H19N3O3. The second-order valence-corrected chi connectivity index (χ2v) is 5.00. The molecule has 1 heterocycles. The molecule has 1 aliphatic carbocycles. The van der Waals surface area contributed by atoms with Gasteiger partial charge < -0.3 is 15.3 Å². The second-order valence-electron chi connectivity index (χ2n) is 5.00. The Morgan fingerprint density at radius 1 is 1.45 bits per heavy atom. The molecule has 1 saturated carbocycles. The van der Waals surface area contributed by atoms with Crippen LogP contribution in [0, 0.1) is 6.92 Å². The molecule has 6 nitrogen and oxygen atoms in total. The molecule has 0 atom stereocenters. The molecule has 2 N–H and O–H groups in total. The van der Waals surface area contributed by atoms with Crippen molar-refractivity contribution < 1.29 is 14.7 Å². The molecule has 0 aliphatic heterocycles. The Labute approximate surface area is 117 Å². The van der Waals surface area contributed by atoms with E-state index >= 15 is 0 Å². The van der Waals surface area contributed by atoms with Crippen molar-refractivity contribution in [3.8, 4) is 0 Å². The van der Waals surface area contributed by atoms with E-state index < -0.39 is 5.97 Å². The lowest BCUT2D eigenvalue weighted by molar-refractivity contribution is -0.137. The van der Waals surface area contributed by atoms with Gasteiger partial charge in [-0.05, 0) is 31.9 Å². The first-order chi connectivity index (χ1) is 9.56. The highest BCUT2D eigenvalue weighted by molar-refractivity contribution is 5.76. The van der Waals surface area contributed by atoms with Crippen LogP contribution < -0.4 is 5.32 Å². The quantitative estimate of drug-likeness (QED) is 0.826. The maximum atomic E-state index is 12.1. The van der Waals surface area contributed by atoms with E-state index in [1.54, 1.807) is 4.90 Å². The SMILES string of the molecule is Cc1cccc(CNC(=O)N(CCC(=O)O)C2CC2)n1. The van der Waals surface area contributed by atoms with Crippen molar-refractivity contribution in [3.63, 3.8) is 0 Å². The molecule has 0 bridgehead atoms. The van der Waals surface area contributed by atoms with Crippen molar-refractivity contribution in [1.29, 1.82) is 0 Å². The average molecular weight is 277 g/mol. The number of carbonyl (C=O) groups excluding carboxylic acids is 1. The van der Waals surface area contributed by atoms with E-state index in [1.807, 2.05) is 25.1 Å². The molecule has 0 saturated heterocycles. The van der Waals surface area contributed by atoms with Gasteiger partial charge in [-0.2, -0.15) is 0 Å². The minimum absolute atomic E-state index is 0.0212. The number of urea groups is 1. The van der Waals surface area contributed by atoms with Gasteiger partial charge in [0, 0.05) is 18.3 Å². The summed E-state index contributed by atoms with van der Waals surface area (Å²) >= 11 is 0. The van der Waals surface area contributed by atoms with Crippen LogP contribution in [0.5, 0.6) is 0 Å². The molecule has 2 rings (SSSR count). The predicted molar refractivity (Wildman–Crippen MR) is 73.2 cm³/mol. The van der Waals surface area contributed by atoms with Crippen LogP contribution in [0.4, 0.5) is 4.79 Å². The van der Waals surface area contributed by atoms with Crippen molar-refractivity contribution in [2.75, 3.05) is 6.54 Å². The van der Waals surface area contributed by atoms with Gasteiger partial charge in [0.05, 0.1) is 18.7 Å². The zero-order valence-electron chi connectivity index (χ0n) is 11.5. The Morgan fingerprint density at radius 3 is 2.80 bits per heavy atom. The largest absolute Gasteiger partial charge is 0.481 e. The first-order valence-corrected chi connectivity index (χ1v) is 6.75. The number of pyridine rings is 1. The van der Waals surface area contributed by atoms with E-state index in [-0.39, 0.29) is 25.0 Å². The van der Waals surface area contributed by atoms with E-state index in [0.717, 1.165) is 24.2 Å². The summed E-state index contributed by atoms with van der Waals surface area (Å²) in [7, 11) is 0. The molecule has 2 amide bonds. The van der Waals surface area contributed by atoms with Crippen molar-refractivity contribution >= 4 is 12.0 Å². The normalized spacial score (nSPS) is 13.8. The van der Waals surface area contributed by atoms with E-state index in [9.17, 15) is 9.59 Å². The van der Waals surface area contributed by atoms with Crippen LogP contribution in [0.15, 0.2) is 18.2 Å². The van der Waals surface area contributed by atoms with E-state index in [0.29, 0.717) is 6.54 Å². The molecule has 108 valence electrons. The summed E-state index contributed by atoms with van der Waals surface area (Å²) in [6, 6.07) is 5.63. The highest BCUT2D eigenvalue weighted by atomic mass is 16.4. The summed E-state index contributed by atoms with van der Waals surface area (Å²) in [4.78, 5) is 28.6. The Hall–Kier alpha value is -2.11. The van der Waals surface area contributed by atoms with Crippen molar-refractivity contribution in [2.45, 2.75) is 38.8 Å². The minimum Gasteiger partial charge on any atom is -0.481 e. The van der Waals surface area contributed by atoms with Crippen molar-refractivity contribution in [3.05, 3.63) is 29.6 Å². The molecule has 1 aliphatic rings. The Bertz CT molecular complexity index is 500. The number of hydrogen-bond acceptors (Lipinski definition) is 3. The number of aliphatic carboxylic acids is 1. The van der Waals surface area contributed by atoms with Crippen LogP contribution in [0.25, 0.3) is 0 Å². The third-order valence-electron chi connectivity index (χ3n) is 3.18. The number of aromatic nitrogens is 1. The second kappa shape index (κ2) is 6.36. The molecule has 0 spiro atoms. The number of nitrogens with zero attached hydrogens (tertiary/aromatic N) is 2. The fourth-order valence-corrected chi connectivity index (χ4v) is 2.02. The summed E-state index contributed by atoms with van der Waals surface area (Å²) in [5.74, 6) is -0.885. The monoisotopic (exact) mass is 277 g/mol. The highest BCUT2D eigenvalue weighted by Crippen LogP contribution is 2.26. The fraction of sp³-hybridized carbons (Fsp3) is 0.500. The maximum Gasteiger partial charge on any atom is 0.317 e. The van der Waals surface area contributed by atoms with Gasteiger partial charge >= 0.3 is 12.0 Å². The number of carboxylic acid groups (broad SMARTS) is 1. The van der Waals surface area contributed by atoms with Gasteiger partial charge in [-0.3, -0.25) is 9.78 Å². The number of nitrogens with one attached hydrogen (secondary N) is 1. The summed E-state index contributed by atoms with van der Waals surface area (Å²) < 4.78 is 0. The molecule has 0 aromatic carbocycles. The van der Waals surface area contributed by atoms with Gasteiger partial charge in [-0.1, -0.05) is 6.07 Å². The minimum atomic E-state index is -0.885. The zero-order valence-corrected chi connectivity index (χ0v) is 11.5. The third-order valence-corrected chi connectivity index (χ3v) is 3.18. The molecule has 0 unspecified atom stereocenters. The van der Waals surface area contributed by atoms with Crippen LogP contribution >= 0.6 is 0 Å². The molecule has 0 radical (unpaired) electrons. The van der Waals surface area contributed by atoms with Crippen molar-refractivity contribution in [2.24, 2.45) is 0 Å². The van der Waals surface area contributed by atoms with E-state index in [2.05, 4.69) is 10.3 Å². The lowest BCUT2D eigenvalue weighted by Crippen LogP contribution is -2.42. The van der Waals surface area contributed by atoms with Crippen LogP contribution in [0.2, 0.25) is 0 Å². The first kappa shape index (κ1) is 14.3. The Morgan fingerprint density at radius 2 is 2.20 bits per heavy atom. The topological polar surface area (TPSA) is 82.5 Å². The maximum absolute atomic E-state index is 12.1. The summed E-state index contributed by atoms with van der Waals surface area (Å²) in [5, 5.41) is 11.5.